The zero-order chi connectivity index (χ0) is 22.6. The molecule has 2 N–H and O–H groups in total. The molecule has 2 aromatic rings. The van der Waals surface area contributed by atoms with Crippen molar-refractivity contribution in [3.05, 3.63) is 59.1 Å². The molecule has 0 saturated carbocycles. The summed E-state index contributed by atoms with van der Waals surface area (Å²) in [5.74, 6) is -0.564. The fraction of sp³-hybridized carbons (Fsp3) is 0.333. The van der Waals surface area contributed by atoms with Crippen molar-refractivity contribution >= 4 is 39.1 Å². The Balaban J connectivity index is 1.58. The van der Waals surface area contributed by atoms with E-state index in [2.05, 4.69) is 14.9 Å². The second kappa shape index (κ2) is 9.78. The highest BCUT2D eigenvalue weighted by atomic mass is 35.5. The van der Waals surface area contributed by atoms with Gasteiger partial charge in [0.2, 0.25) is 15.9 Å². The highest BCUT2D eigenvalue weighted by Crippen LogP contribution is 2.16. The maximum absolute atomic E-state index is 12.6. The Bertz CT molecular complexity index is 1030. The first-order valence-corrected chi connectivity index (χ1v) is 11.7. The fourth-order valence-electron chi connectivity index (χ4n) is 3.11. The molecule has 2 amide bonds. The topological polar surface area (TPSA) is 98.8 Å². The number of piperazine rings is 1. The summed E-state index contributed by atoms with van der Waals surface area (Å²) in [5, 5.41) is 3.07. The smallest absolute Gasteiger partial charge is 0.253 e. The number of amides is 2. The van der Waals surface area contributed by atoms with Gasteiger partial charge < -0.3 is 15.1 Å². The quantitative estimate of drug-likeness (QED) is 0.681. The molecule has 0 radical (unpaired) electrons. The summed E-state index contributed by atoms with van der Waals surface area (Å²) in [5.41, 5.74) is 1.01. The molecule has 8 nitrogen and oxygen atoms in total. The minimum Gasteiger partial charge on any atom is -0.336 e. The van der Waals surface area contributed by atoms with Crippen molar-refractivity contribution in [2.45, 2.75) is 17.9 Å². The van der Waals surface area contributed by atoms with Crippen LogP contribution in [0.15, 0.2) is 53.4 Å². The maximum Gasteiger partial charge on any atom is 0.253 e. The van der Waals surface area contributed by atoms with Crippen molar-refractivity contribution in [2.75, 3.05) is 38.5 Å². The van der Waals surface area contributed by atoms with E-state index in [1.165, 1.54) is 31.2 Å². The summed E-state index contributed by atoms with van der Waals surface area (Å²) < 4.78 is 27.2. The Morgan fingerprint density at radius 2 is 1.55 bits per heavy atom. The van der Waals surface area contributed by atoms with E-state index >= 15 is 0 Å². The molecule has 1 saturated heterocycles. The van der Waals surface area contributed by atoms with E-state index in [4.69, 9.17) is 11.6 Å². The number of anilines is 1. The lowest BCUT2D eigenvalue weighted by Gasteiger charge is -2.32. The Labute approximate surface area is 187 Å². The first-order valence-electron chi connectivity index (χ1n) is 9.82. The maximum atomic E-state index is 12.6. The zero-order valence-corrected chi connectivity index (χ0v) is 18.9. The van der Waals surface area contributed by atoms with Gasteiger partial charge >= 0.3 is 0 Å². The van der Waals surface area contributed by atoms with Gasteiger partial charge in [-0.3, -0.25) is 9.59 Å². The monoisotopic (exact) mass is 464 g/mol. The van der Waals surface area contributed by atoms with Gasteiger partial charge in [-0.05, 0) is 62.5 Å². The van der Waals surface area contributed by atoms with Gasteiger partial charge in [-0.1, -0.05) is 11.6 Å². The predicted octanol–water partition coefficient (Wildman–Crippen LogP) is 2.03. The van der Waals surface area contributed by atoms with E-state index in [-0.39, 0.29) is 10.8 Å². The highest BCUT2D eigenvalue weighted by molar-refractivity contribution is 7.89. The van der Waals surface area contributed by atoms with Gasteiger partial charge in [0.25, 0.3) is 5.91 Å². The molecule has 0 bridgehead atoms. The SMILES string of the molecule is C[C@H](NS(=O)(=O)c1ccc(Cl)cc1)C(=O)Nc1ccc(C(=O)N2CCN(C)CC2)cc1. The van der Waals surface area contributed by atoms with Crippen LogP contribution in [0.3, 0.4) is 0 Å². The van der Waals surface area contributed by atoms with Crippen LogP contribution in [0.5, 0.6) is 0 Å². The number of carbonyl (C=O) groups excluding carboxylic acids is 2. The molecular formula is C21H25ClN4O4S. The van der Waals surface area contributed by atoms with E-state index in [0.717, 1.165) is 13.1 Å². The lowest BCUT2D eigenvalue weighted by molar-refractivity contribution is -0.117. The minimum absolute atomic E-state index is 0.0170. The van der Waals surface area contributed by atoms with Crippen LogP contribution >= 0.6 is 11.6 Å². The third-order valence-corrected chi connectivity index (χ3v) is 6.85. The number of rotatable bonds is 6. The van der Waals surface area contributed by atoms with Gasteiger partial charge in [-0.2, -0.15) is 4.72 Å². The lowest BCUT2D eigenvalue weighted by atomic mass is 10.1. The van der Waals surface area contributed by atoms with Crippen LogP contribution in [0, 0.1) is 0 Å². The van der Waals surface area contributed by atoms with E-state index in [1.807, 2.05) is 7.05 Å². The molecule has 0 unspecified atom stereocenters. The number of halogens is 1. The summed E-state index contributed by atoms with van der Waals surface area (Å²) >= 11 is 5.78. The predicted molar refractivity (Wildman–Crippen MR) is 120 cm³/mol. The van der Waals surface area contributed by atoms with Gasteiger partial charge in [-0.25, -0.2) is 8.42 Å². The van der Waals surface area contributed by atoms with E-state index in [0.29, 0.717) is 29.4 Å². The van der Waals surface area contributed by atoms with Crippen LogP contribution < -0.4 is 10.0 Å². The molecule has 31 heavy (non-hydrogen) atoms. The first-order chi connectivity index (χ1) is 14.7. The number of nitrogens with one attached hydrogen (secondary N) is 2. The van der Waals surface area contributed by atoms with Gasteiger partial charge in [0.15, 0.2) is 0 Å². The average molecular weight is 465 g/mol. The van der Waals surface area contributed by atoms with Crippen molar-refractivity contribution < 1.29 is 18.0 Å². The Kier molecular flexibility index (Phi) is 7.32. The third kappa shape index (κ3) is 6.04. The Hall–Kier alpha value is -2.46. The second-order valence-corrected chi connectivity index (χ2v) is 9.61. The average Bonchev–Trinajstić information content (AvgIpc) is 2.74. The van der Waals surface area contributed by atoms with E-state index in [1.54, 1.807) is 29.2 Å². The molecule has 3 rings (SSSR count). The molecule has 1 heterocycles. The molecule has 1 fully saturated rings. The van der Waals surface area contributed by atoms with Crippen LogP contribution in [-0.2, 0) is 14.8 Å². The Morgan fingerprint density at radius 1 is 0.968 bits per heavy atom. The standard InChI is InChI=1S/C21H25ClN4O4S/c1-15(24-31(29,30)19-9-5-17(22)6-10-19)20(27)23-18-7-3-16(4-8-18)21(28)26-13-11-25(2)12-14-26/h3-10,15,24H,11-14H2,1-2H3,(H,23,27)/t15-/m0/s1. The largest absolute Gasteiger partial charge is 0.336 e. The fourth-order valence-corrected chi connectivity index (χ4v) is 4.44. The number of hydrogen-bond donors (Lipinski definition) is 2. The highest BCUT2D eigenvalue weighted by Gasteiger charge is 2.23. The zero-order valence-electron chi connectivity index (χ0n) is 17.3. The molecule has 166 valence electrons. The normalized spacial score (nSPS) is 16.0. The van der Waals surface area contributed by atoms with E-state index in [9.17, 15) is 18.0 Å². The second-order valence-electron chi connectivity index (χ2n) is 7.46. The van der Waals surface area contributed by atoms with Gasteiger partial charge in [-0.15, -0.1) is 0 Å². The van der Waals surface area contributed by atoms with Crippen LogP contribution in [0.4, 0.5) is 5.69 Å². The molecule has 0 spiro atoms. The molecule has 0 aliphatic carbocycles. The van der Waals surface area contributed by atoms with E-state index < -0.39 is 22.0 Å². The molecule has 0 aromatic heterocycles. The molecule has 1 aliphatic heterocycles. The van der Waals surface area contributed by atoms with Gasteiger partial charge in [0.05, 0.1) is 10.9 Å². The van der Waals surface area contributed by atoms with Crippen LogP contribution in [0.2, 0.25) is 5.02 Å². The van der Waals surface area contributed by atoms with Crippen molar-refractivity contribution in [1.29, 1.82) is 0 Å². The summed E-state index contributed by atoms with van der Waals surface area (Å²) in [4.78, 5) is 29.0. The Morgan fingerprint density at radius 3 is 2.13 bits per heavy atom. The number of likely N-dealkylation sites (N-methyl/N-ethyl adjacent to an activating group) is 1. The molecular weight excluding hydrogens is 440 g/mol. The van der Waals surface area contributed by atoms with Crippen LogP contribution in [0.25, 0.3) is 0 Å². The van der Waals surface area contributed by atoms with Crippen molar-refractivity contribution in [1.82, 2.24) is 14.5 Å². The summed E-state index contributed by atoms with van der Waals surface area (Å²) in [7, 11) is -1.85. The number of sulfonamides is 1. The van der Waals surface area contributed by atoms with Gasteiger partial charge in [0.1, 0.15) is 0 Å². The van der Waals surface area contributed by atoms with Crippen LogP contribution in [-0.4, -0.2) is 69.3 Å². The molecule has 1 atom stereocenters. The summed E-state index contributed by atoms with van der Waals surface area (Å²) in [6.45, 7) is 4.49. The lowest BCUT2D eigenvalue weighted by Crippen LogP contribution is -2.47. The van der Waals surface area contributed by atoms with Crippen molar-refractivity contribution in [3.63, 3.8) is 0 Å². The van der Waals surface area contributed by atoms with Crippen LogP contribution in [0.1, 0.15) is 17.3 Å². The van der Waals surface area contributed by atoms with Crippen molar-refractivity contribution in [3.8, 4) is 0 Å². The summed E-state index contributed by atoms with van der Waals surface area (Å²) in [6.07, 6.45) is 0. The minimum atomic E-state index is -3.87. The first kappa shape index (κ1) is 23.2. The number of hydrogen-bond acceptors (Lipinski definition) is 5. The molecule has 1 aliphatic rings. The molecule has 10 heteroatoms. The van der Waals surface area contributed by atoms with Gasteiger partial charge in [0, 0.05) is 42.5 Å². The summed E-state index contributed by atoms with van der Waals surface area (Å²) in [6, 6.07) is 11.2. The number of carbonyl (C=O) groups is 2. The number of nitrogens with zero attached hydrogens (tertiary/aromatic N) is 2. The number of benzene rings is 2. The van der Waals surface area contributed by atoms with Crippen molar-refractivity contribution in [2.24, 2.45) is 0 Å². The third-order valence-electron chi connectivity index (χ3n) is 5.04. The molecule has 2 aromatic carbocycles.